The van der Waals surface area contributed by atoms with Crippen molar-refractivity contribution in [1.29, 1.82) is 0 Å². The number of hydrogen-bond acceptors (Lipinski definition) is 2. The van der Waals surface area contributed by atoms with Gasteiger partial charge in [0.1, 0.15) is 5.75 Å². The first kappa shape index (κ1) is 9.77. The van der Waals surface area contributed by atoms with E-state index in [9.17, 15) is 4.79 Å². The number of carbonyl (C=O) groups excluding carboxylic acids is 1. The topological polar surface area (TPSA) is 42.1 Å². The van der Waals surface area contributed by atoms with Crippen molar-refractivity contribution in [2.45, 2.75) is 13.3 Å². The quantitative estimate of drug-likeness (QED) is 0.779. The largest absolute Gasteiger partial charge is 0.496 e. The zero-order valence-electron chi connectivity index (χ0n) is 8.83. The van der Waals surface area contributed by atoms with Crippen LogP contribution in [-0.4, -0.2) is 18.4 Å². The lowest BCUT2D eigenvalue weighted by molar-refractivity contribution is 0.112. The molecule has 1 aromatic heterocycles. The van der Waals surface area contributed by atoms with Crippen LogP contribution in [0.3, 0.4) is 0 Å². The van der Waals surface area contributed by atoms with Crippen LogP contribution in [0, 0.1) is 0 Å². The number of carbonyl (C=O) groups is 1. The highest BCUT2D eigenvalue weighted by Gasteiger charge is 2.08. The van der Waals surface area contributed by atoms with Gasteiger partial charge in [0.15, 0.2) is 6.29 Å². The van der Waals surface area contributed by atoms with Gasteiger partial charge < -0.3 is 9.72 Å². The minimum absolute atomic E-state index is 0.587. The van der Waals surface area contributed by atoms with E-state index in [1.165, 1.54) is 5.56 Å². The lowest BCUT2D eigenvalue weighted by atomic mass is 10.1. The Morgan fingerprint density at radius 3 is 2.87 bits per heavy atom. The van der Waals surface area contributed by atoms with E-state index in [0.29, 0.717) is 5.69 Å². The standard InChI is InChI=1S/C12H13NO2/c1-3-8-4-5-11(15-2)10-6-9(7-14)13-12(8)10/h4-7,13H,3H2,1-2H3. The number of H-pyrrole nitrogens is 1. The van der Waals surface area contributed by atoms with Crippen molar-refractivity contribution in [1.82, 2.24) is 4.98 Å². The molecule has 0 fully saturated rings. The van der Waals surface area contributed by atoms with Gasteiger partial charge in [-0.3, -0.25) is 4.79 Å². The lowest BCUT2D eigenvalue weighted by Gasteiger charge is -2.04. The second kappa shape index (κ2) is 3.77. The van der Waals surface area contributed by atoms with Gasteiger partial charge in [-0.2, -0.15) is 0 Å². The van der Waals surface area contributed by atoms with Gasteiger partial charge in [0.05, 0.1) is 18.3 Å². The first-order valence-electron chi connectivity index (χ1n) is 4.94. The van der Waals surface area contributed by atoms with Gasteiger partial charge >= 0.3 is 0 Å². The van der Waals surface area contributed by atoms with Crippen molar-refractivity contribution in [3.05, 3.63) is 29.5 Å². The Morgan fingerprint density at radius 1 is 1.47 bits per heavy atom. The van der Waals surface area contributed by atoms with Gasteiger partial charge in [-0.05, 0) is 24.1 Å². The van der Waals surface area contributed by atoms with E-state index in [1.807, 2.05) is 18.2 Å². The summed E-state index contributed by atoms with van der Waals surface area (Å²) >= 11 is 0. The molecule has 3 heteroatoms. The average Bonchev–Trinajstić information content (AvgIpc) is 2.71. The summed E-state index contributed by atoms with van der Waals surface area (Å²) < 4.78 is 5.25. The van der Waals surface area contributed by atoms with Crippen LogP contribution >= 0.6 is 0 Å². The molecular formula is C12H13NO2. The third-order valence-electron chi connectivity index (χ3n) is 2.59. The molecule has 0 aliphatic heterocycles. The van der Waals surface area contributed by atoms with Crippen LogP contribution in [0.4, 0.5) is 0 Å². The summed E-state index contributed by atoms with van der Waals surface area (Å²) in [5, 5.41) is 0.971. The number of fused-ring (bicyclic) bond motifs is 1. The summed E-state index contributed by atoms with van der Waals surface area (Å²) in [5.41, 5.74) is 2.78. The predicted octanol–water partition coefficient (Wildman–Crippen LogP) is 2.55. The fourth-order valence-electron chi connectivity index (χ4n) is 1.81. The molecule has 0 aliphatic carbocycles. The van der Waals surface area contributed by atoms with Crippen molar-refractivity contribution < 1.29 is 9.53 Å². The molecule has 1 N–H and O–H groups in total. The number of methoxy groups -OCH3 is 1. The van der Waals surface area contributed by atoms with Crippen LogP contribution in [-0.2, 0) is 6.42 Å². The second-order valence-corrected chi connectivity index (χ2v) is 3.41. The maximum absolute atomic E-state index is 10.7. The van der Waals surface area contributed by atoms with E-state index < -0.39 is 0 Å². The van der Waals surface area contributed by atoms with Crippen molar-refractivity contribution >= 4 is 17.2 Å². The molecule has 78 valence electrons. The zero-order chi connectivity index (χ0) is 10.8. The molecule has 0 saturated heterocycles. The van der Waals surface area contributed by atoms with Crippen LogP contribution in [0.5, 0.6) is 5.75 Å². The monoisotopic (exact) mass is 203 g/mol. The number of benzene rings is 1. The van der Waals surface area contributed by atoms with Gasteiger partial charge in [0, 0.05) is 5.39 Å². The minimum Gasteiger partial charge on any atom is -0.496 e. The van der Waals surface area contributed by atoms with E-state index in [1.54, 1.807) is 7.11 Å². The third-order valence-corrected chi connectivity index (χ3v) is 2.59. The fraction of sp³-hybridized carbons (Fsp3) is 0.250. The van der Waals surface area contributed by atoms with E-state index in [-0.39, 0.29) is 0 Å². The molecule has 15 heavy (non-hydrogen) atoms. The van der Waals surface area contributed by atoms with Crippen molar-refractivity contribution in [2.24, 2.45) is 0 Å². The van der Waals surface area contributed by atoms with Crippen molar-refractivity contribution in [3.8, 4) is 5.75 Å². The molecule has 0 bridgehead atoms. The summed E-state index contributed by atoms with van der Waals surface area (Å²) in [4.78, 5) is 13.8. The molecule has 2 rings (SSSR count). The summed E-state index contributed by atoms with van der Waals surface area (Å²) in [5.74, 6) is 0.798. The maximum atomic E-state index is 10.7. The zero-order valence-corrected chi connectivity index (χ0v) is 8.83. The molecule has 2 aromatic rings. The van der Waals surface area contributed by atoms with Crippen LogP contribution in [0.25, 0.3) is 10.9 Å². The summed E-state index contributed by atoms with van der Waals surface area (Å²) in [7, 11) is 1.63. The SMILES string of the molecule is CCc1ccc(OC)c2cc(C=O)[nH]c12. The Kier molecular flexibility index (Phi) is 2.46. The second-order valence-electron chi connectivity index (χ2n) is 3.41. The van der Waals surface area contributed by atoms with Crippen LogP contribution < -0.4 is 4.74 Å². The van der Waals surface area contributed by atoms with Crippen LogP contribution in [0.1, 0.15) is 23.0 Å². The highest BCUT2D eigenvalue weighted by Crippen LogP contribution is 2.28. The number of nitrogens with one attached hydrogen (secondary N) is 1. The summed E-state index contributed by atoms with van der Waals surface area (Å²) in [6, 6.07) is 5.77. The fourth-order valence-corrected chi connectivity index (χ4v) is 1.81. The highest BCUT2D eigenvalue weighted by atomic mass is 16.5. The number of ether oxygens (including phenoxy) is 1. The molecule has 0 atom stereocenters. The Morgan fingerprint density at radius 2 is 2.27 bits per heavy atom. The molecule has 0 amide bonds. The Balaban J connectivity index is 2.77. The Hall–Kier alpha value is -1.77. The number of aromatic amines is 1. The van der Waals surface area contributed by atoms with E-state index in [0.717, 1.165) is 29.4 Å². The molecule has 1 heterocycles. The van der Waals surface area contributed by atoms with Crippen LogP contribution in [0.2, 0.25) is 0 Å². The van der Waals surface area contributed by atoms with Gasteiger partial charge in [-0.15, -0.1) is 0 Å². The first-order valence-corrected chi connectivity index (χ1v) is 4.94. The molecule has 0 unspecified atom stereocenters. The van der Waals surface area contributed by atoms with Gasteiger partial charge in [0.2, 0.25) is 0 Å². The molecule has 3 nitrogen and oxygen atoms in total. The molecule has 0 radical (unpaired) electrons. The average molecular weight is 203 g/mol. The van der Waals surface area contributed by atoms with Gasteiger partial charge in [-0.1, -0.05) is 13.0 Å². The Bertz CT molecular complexity index is 459. The molecular weight excluding hydrogens is 190 g/mol. The van der Waals surface area contributed by atoms with Gasteiger partial charge in [0.25, 0.3) is 0 Å². The van der Waals surface area contributed by atoms with Crippen LogP contribution in [0.15, 0.2) is 18.2 Å². The Labute approximate surface area is 88.1 Å². The van der Waals surface area contributed by atoms with E-state index in [4.69, 9.17) is 4.74 Å². The van der Waals surface area contributed by atoms with Crippen molar-refractivity contribution in [3.63, 3.8) is 0 Å². The number of aldehydes is 1. The molecule has 0 aliphatic rings. The molecule has 0 saturated carbocycles. The number of rotatable bonds is 3. The molecule has 0 spiro atoms. The summed E-state index contributed by atoms with van der Waals surface area (Å²) in [6.45, 7) is 2.09. The molecule has 1 aromatic carbocycles. The smallest absolute Gasteiger partial charge is 0.166 e. The maximum Gasteiger partial charge on any atom is 0.166 e. The first-order chi connectivity index (χ1) is 7.30. The highest BCUT2D eigenvalue weighted by molar-refractivity contribution is 5.93. The minimum atomic E-state index is 0.587. The normalized spacial score (nSPS) is 10.5. The lowest BCUT2D eigenvalue weighted by Crippen LogP contribution is -1.87. The number of hydrogen-bond donors (Lipinski definition) is 1. The number of aryl methyl sites for hydroxylation is 1. The van der Waals surface area contributed by atoms with E-state index in [2.05, 4.69) is 11.9 Å². The summed E-state index contributed by atoms with van der Waals surface area (Å²) in [6.07, 6.45) is 1.75. The van der Waals surface area contributed by atoms with Crippen molar-refractivity contribution in [2.75, 3.05) is 7.11 Å². The predicted molar refractivity (Wildman–Crippen MR) is 59.6 cm³/mol. The van der Waals surface area contributed by atoms with E-state index >= 15 is 0 Å². The third kappa shape index (κ3) is 1.50. The number of aromatic nitrogens is 1. The van der Waals surface area contributed by atoms with Gasteiger partial charge in [-0.25, -0.2) is 0 Å².